The minimum Gasteiger partial charge on any atom is -0.373 e. The highest BCUT2D eigenvalue weighted by atomic mass is 16.1. The van der Waals surface area contributed by atoms with E-state index in [1.807, 2.05) is 42.6 Å². The molecular formula is C26H30N4O. The summed E-state index contributed by atoms with van der Waals surface area (Å²) in [6.45, 7) is 6.38. The van der Waals surface area contributed by atoms with Crippen molar-refractivity contribution >= 4 is 11.9 Å². The van der Waals surface area contributed by atoms with Crippen molar-refractivity contribution in [1.29, 1.82) is 5.41 Å². The standard InChI is InChI=1S/C26H30N4O/c1-20-5-7-21(8-6-20)22-11-14-30(26(31)18-22)24-9-10-25(23(17-24)19-27)28(2)15-16-29-12-3-4-13-29/h5-11,14,17-19,27H,3-4,12-13,15-16H2,1-2H3. The van der Waals surface area contributed by atoms with Gasteiger partial charge in [-0.3, -0.25) is 9.36 Å². The minimum atomic E-state index is -0.0795. The van der Waals surface area contributed by atoms with Crippen LogP contribution in [-0.4, -0.2) is 48.9 Å². The van der Waals surface area contributed by atoms with Crippen molar-refractivity contribution in [3.63, 3.8) is 0 Å². The number of rotatable bonds is 7. The summed E-state index contributed by atoms with van der Waals surface area (Å²) in [6.07, 6.45) is 5.78. The van der Waals surface area contributed by atoms with Gasteiger partial charge in [-0.25, -0.2) is 0 Å². The zero-order valence-corrected chi connectivity index (χ0v) is 18.3. The number of nitrogens with one attached hydrogen (secondary N) is 1. The molecule has 2 heterocycles. The van der Waals surface area contributed by atoms with Crippen LogP contribution in [0.5, 0.6) is 0 Å². The summed E-state index contributed by atoms with van der Waals surface area (Å²) in [7, 11) is 2.07. The quantitative estimate of drug-likeness (QED) is 0.585. The number of benzene rings is 2. The van der Waals surface area contributed by atoms with Crippen LogP contribution in [-0.2, 0) is 0 Å². The maximum Gasteiger partial charge on any atom is 0.255 e. The van der Waals surface area contributed by atoms with E-state index in [0.717, 1.165) is 41.2 Å². The van der Waals surface area contributed by atoms with Crippen molar-refractivity contribution in [3.05, 3.63) is 82.3 Å². The van der Waals surface area contributed by atoms with E-state index in [1.165, 1.54) is 37.7 Å². The molecule has 0 spiro atoms. The number of pyridine rings is 1. The fourth-order valence-electron chi connectivity index (χ4n) is 4.19. The third-order valence-electron chi connectivity index (χ3n) is 6.11. The fourth-order valence-corrected chi connectivity index (χ4v) is 4.19. The van der Waals surface area contributed by atoms with Crippen LogP contribution < -0.4 is 10.5 Å². The average Bonchev–Trinajstić information content (AvgIpc) is 3.31. The van der Waals surface area contributed by atoms with Crippen molar-refractivity contribution in [2.75, 3.05) is 38.1 Å². The predicted octanol–water partition coefficient (Wildman–Crippen LogP) is 4.34. The van der Waals surface area contributed by atoms with Crippen LogP contribution in [0.1, 0.15) is 24.0 Å². The highest BCUT2D eigenvalue weighted by molar-refractivity contribution is 5.87. The maximum absolute atomic E-state index is 12.8. The van der Waals surface area contributed by atoms with Crippen molar-refractivity contribution in [2.45, 2.75) is 19.8 Å². The van der Waals surface area contributed by atoms with Gasteiger partial charge in [0.15, 0.2) is 0 Å². The van der Waals surface area contributed by atoms with E-state index in [4.69, 9.17) is 5.41 Å². The number of likely N-dealkylation sites (tertiary alicyclic amines) is 1. The number of hydrogen-bond donors (Lipinski definition) is 1. The first-order chi connectivity index (χ1) is 15.0. The minimum absolute atomic E-state index is 0.0795. The topological polar surface area (TPSA) is 52.3 Å². The second-order valence-electron chi connectivity index (χ2n) is 8.35. The van der Waals surface area contributed by atoms with E-state index < -0.39 is 0 Å². The van der Waals surface area contributed by atoms with E-state index in [9.17, 15) is 4.79 Å². The van der Waals surface area contributed by atoms with Crippen LogP contribution in [0.3, 0.4) is 0 Å². The zero-order chi connectivity index (χ0) is 21.8. The molecule has 5 nitrogen and oxygen atoms in total. The summed E-state index contributed by atoms with van der Waals surface area (Å²) in [6, 6.07) is 17.7. The van der Waals surface area contributed by atoms with Gasteiger partial charge in [-0.15, -0.1) is 0 Å². The SMILES string of the molecule is Cc1ccc(-c2ccn(-c3ccc(N(C)CCN4CCCC4)c(C=N)c3)c(=O)c2)cc1. The van der Waals surface area contributed by atoms with Crippen LogP contribution in [0.15, 0.2) is 65.6 Å². The van der Waals surface area contributed by atoms with Gasteiger partial charge in [0, 0.05) is 55.6 Å². The Balaban J connectivity index is 1.56. The second kappa shape index (κ2) is 9.31. The third kappa shape index (κ3) is 4.78. The van der Waals surface area contributed by atoms with E-state index in [0.29, 0.717) is 0 Å². The molecule has 1 aliphatic rings. The molecule has 4 rings (SSSR count). The molecule has 3 aromatic rings. The van der Waals surface area contributed by atoms with Gasteiger partial charge < -0.3 is 15.2 Å². The summed E-state index contributed by atoms with van der Waals surface area (Å²) in [4.78, 5) is 17.5. The number of aromatic nitrogens is 1. The smallest absolute Gasteiger partial charge is 0.255 e. The Labute approximate surface area is 184 Å². The van der Waals surface area contributed by atoms with E-state index >= 15 is 0 Å². The number of aryl methyl sites for hydroxylation is 1. The van der Waals surface area contributed by atoms with Crippen molar-refractivity contribution in [2.24, 2.45) is 0 Å². The van der Waals surface area contributed by atoms with Gasteiger partial charge in [0.05, 0.1) is 0 Å². The monoisotopic (exact) mass is 414 g/mol. The highest BCUT2D eigenvalue weighted by Crippen LogP contribution is 2.23. The van der Waals surface area contributed by atoms with Gasteiger partial charge in [0.25, 0.3) is 5.56 Å². The Morgan fingerprint density at radius 1 is 1.00 bits per heavy atom. The van der Waals surface area contributed by atoms with Crippen molar-refractivity contribution < 1.29 is 0 Å². The molecule has 0 radical (unpaired) electrons. The summed E-state index contributed by atoms with van der Waals surface area (Å²) in [5.41, 5.74) is 5.66. The lowest BCUT2D eigenvalue weighted by Crippen LogP contribution is -2.31. The van der Waals surface area contributed by atoms with Gasteiger partial charge >= 0.3 is 0 Å². The Hall–Kier alpha value is -3.18. The summed E-state index contributed by atoms with van der Waals surface area (Å²) in [5, 5.41) is 7.90. The average molecular weight is 415 g/mol. The molecule has 1 saturated heterocycles. The number of nitrogens with zero attached hydrogens (tertiary/aromatic N) is 3. The Kier molecular flexibility index (Phi) is 6.33. The molecule has 0 unspecified atom stereocenters. The van der Waals surface area contributed by atoms with E-state index in [-0.39, 0.29) is 5.56 Å². The number of likely N-dealkylation sites (N-methyl/N-ethyl adjacent to an activating group) is 1. The largest absolute Gasteiger partial charge is 0.373 e. The van der Waals surface area contributed by atoms with E-state index in [2.05, 4.69) is 35.9 Å². The molecular weight excluding hydrogens is 384 g/mol. The molecule has 5 heteroatoms. The van der Waals surface area contributed by atoms with Gasteiger partial charge in [-0.05, 0) is 68.2 Å². The molecule has 160 valence electrons. The van der Waals surface area contributed by atoms with Crippen molar-refractivity contribution in [1.82, 2.24) is 9.47 Å². The molecule has 0 amide bonds. The lowest BCUT2D eigenvalue weighted by atomic mass is 10.1. The Morgan fingerprint density at radius 3 is 2.42 bits per heavy atom. The molecule has 31 heavy (non-hydrogen) atoms. The Morgan fingerprint density at radius 2 is 1.74 bits per heavy atom. The second-order valence-corrected chi connectivity index (χ2v) is 8.35. The molecule has 1 aromatic heterocycles. The first kappa shape index (κ1) is 21.1. The first-order valence-corrected chi connectivity index (χ1v) is 10.9. The summed E-state index contributed by atoms with van der Waals surface area (Å²) in [5.74, 6) is 0. The van der Waals surface area contributed by atoms with Crippen LogP contribution >= 0.6 is 0 Å². The fraction of sp³-hybridized carbons (Fsp3) is 0.308. The molecule has 1 N–H and O–H groups in total. The lowest BCUT2D eigenvalue weighted by molar-refractivity contribution is 0.346. The summed E-state index contributed by atoms with van der Waals surface area (Å²) < 4.78 is 1.64. The van der Waals surface area contributed by atoms with Gasteiger partial charge in [0.2, 0.25) is 0 Å². The molecule has 1 fully saturated rings. The molecule has 1 aliphatic heterocycles. The van der Waals surface area contributed by atoms with Crippen molar-refractivity contribution in [3.8, 4) is 16.8 Å². The molecule has 0 bridgehead atoms. The van der Waals surface area contributed by atoms with Crippen LogP contribution in [0, 0.1) is 12.3 Å². The molecule has 2 aromatic carbocycles. The third-order valence-corrected chi connectivity index (χ3v) is 6.11. The summed E-state index contributed by atoms with van der Waals surface area (Å²) >= 11 is 0. The number of hydrogen-bond acceptors (Lipinski definition) is 4. The lowest BCUT2D eigenvalue weighted by Gasteiger charge is -2.25. The normalized spacial score (nSPS) is 14.0. The first-order valence-electron chi connectivity index (χ1n) is 10.9. The molecule has 0 aliphatic carbocycles. The van der Waals surface area contributed by atoms with Gasteiger partial charge in [-0.1, -0.05) is 29.8 Å². The van der Waals surface area contributed by atoms with Gasteiger partial charge in [-0.2, -0.15) is 0 Å². The zero-order valence-electron chi connectivity index (χ0n) is 18.3. The highest BCUT2D eigenvalue weighted by Gasteiger charge is 2.14. The van der Waals surface area contributed by atoms with Gasteiger partial charge in [0.1, 0.15) is 0 Å². The number of anilines is 1. The van der Waals surface area contributed by atoms with Crippen LogP contribution in [0.2, 0.25) is 0 Å². The van der Waals surface area contributed by atoms with Crippen LogP contribution in [0.25, 0.3) is 16.8 Å². The Bertz CT molecular complexity index is 1110. The molecule has 0 atom stereocenters. The maximum atomic E-state index is 12.8. The predicted molar refractivity (Wildman–Crippen MR) is 129 cm³/mol. The molecule has 0 saturated carbocycles. The van der Waals surface area contributed by atoms with E-state index in [1.54, 1.807) is 10.6 Å². The van der Waals surface area contributed by atoms with Crippen LogP contribution in [0.4, 0.5) is 5.69 Å².